The fourth-order valence-electron chi connectivity index (χ4n) is 1.84. The van der Waals surface area contributed by atoms with Gasteiger partial charge in [-0.2, -0.15) is 0 Å². The van der Waals surface area contributed by atoms with E-state index in [9.17, 15) is 10.1 Å². The van der Waals surface area contributed by atoms with Crippen LogP contribution in [0.15, 0.2) is 42.5 Å². The van der Waals surface area contributed by atoms with Gasteiger partial charge in [-0.1, -0.05) is 22.0 Å². The lowest BCUT2D eigenvalue weighted by atomic mass is 10.2. The highest BCUT2D eigenvalue weighted by Gasteiger charge is 2.12. The Hall–Kier alpha value is -2.08. The summed E-state index contributed by atoms with van der Waals surface area (Å²) in [5.74, 6) is 1.30. The van der Waals surface area contributed by atoms with Gasteiger partial charge in [0.15, 0.2) is 0 Å². The lowest BCUT2D eigenvalue weighted by Gasteiger charge is -2.15. The molecular formula is C15H15BrN2O3. The molecule has 110 valence electrons. The molecule has 0 fully saturated rings. The van der Waals surface area contributed by atoms with Crippen LogP contribution in [0.3, 0.4) is 0 Å². The van der Waals surface area contributed by atoms with E-state index >= 15 is 0 Å². The summed E-state index contributed by atoms with van der Waals surface area (Å²) in [6.45, 7) is 0. The van der Waals surface area contributed by atoms with E-state index in [4.69, 9.17) is 4.74 Å². The standard InChI is InChI=1S/C15H15BrN2O3/c1-17(2)12-4-3-5-14(9-12)21-15-7-6-13(18(19)20)8-11(15)10-16/h3-9H,10H2,1-2H3. The van der Waals surface area contributed by atoms with Crippen LogP contribution in [0.1, 0.15) is 5.56 Å². The quantitative estimate of drug-likeness (QED) is 0.457. The van der Waals surface area contributed by atoms with Crippen molar-refractivity contribution in [2.75, 3.05) is 19.0 Å². The Morgan fingerprint density at radius 2 is 2.00 bits per heavy atom. The number of rotatable bonds is 5. The van der Waals surface area contributed by atoms with Crippen LogP contribution in [-0.2, 0) is 5.33 Å². The van der Waals surface area contributed by atoms with Crippen molar-refractivity contribution in [2.24, 2.45) is 0 Å². The first-order chi connectivity index (χ1) is 10.0. The molecule has 0 saturated carbocycles. The summed E-state index contributed by atoms with van der Waals surface area (Å²) in [5, 5.41) is 11.3. The molecule has 2 aromatic rings. The largest absolute Gasteiger partial charge is 0.457 e. The Labute approximate surface area is 131 Å². The molecule has 0 saturated heterocycles. The Balaban J connectivity index is 2.31. The van der Waals surface area contributed by atoms with E-state index in [1.807, 2.05) is 43.3 Å². The van der Waals surface area contributed by atoms with E-state index in [-0.39, 0.29) is 5.69 Å². The van der Waals surface area contributed by atoms with Crippen molar-refractivity contribution >= 4 is 27.3 Å². The zero-order chi connectivity index (χ0) is 15.4. The van der Waals surface area contributed by atoms with E-state index in [0.29, 0.717) is 16.8 Å². The summed E-state index contributed by atoms with van der Waals surface area (Å²) in [7, 11) is 3.91. The van der Waals surface area contributed by atoms with Crippen LogP contribution in [0.2, 0.25) is 0 Å². The number of benzene rings is 2. The van der Waals surface area contributed by atoms with Gasteiger partial charge >= 0.3 is 0 Å². The Kier molecular flexibility index (Phi) is 4.80. The van der Waals surface area contributed by atoms with Crippen LogP contribution in [0.25, 0.3) is 0 Å². The predicted octanol–water partition coefficient (Wildman–Crippen LogP) is 4.35. The van der Waals surface area contributed by atoms with E-state index in [0.717, 1.165) is 11.3 Å². The first-order valence-corrected chi connectivity index (χ1v) is 7.42. The van der Waals surface area contributed by atoms with Gasteiger partial charge < -0.3 is 9.64 Å². The highest BCUT2D eigenvalue weighted by atomic mass is 79.9. The summed E-state index contributed by atoms with van der Waals surface area (Å²) in [6.07, 6.45) is 0. The van der Waals surface area contributed by atoms with Crippen LogP contribution in [0.5, 0.6) is 11.5 Å². The monoisotopic (exact) mass is 350 g/mol. The molecule has 2 rings (SSSR count). The second-order valence-corrected chi connectivity index (χ2v) is 5.24. The van der Waals surface area contributed by atoms with Crippen LogP contribution < -0.4 is 9.64 Å². The molecule has 2 aromatic carbocycles. The molecule has 0 bridgehead atoms. The third kappa shape index (κ3) is 3.72. The Morgan fingerprint density at radius 1 is 1.24 bits per heavy atom. The van der Waals surface area contributed by atoms with Gasteiger partial charge in [0.2, 0.25) is 0 Å². The SMILES string of the molecule is CN(C)c1cccc(Oc2ccc([N+](=O)[O-])cc2CBr)c1. The summed E-state index contributed by atoms with van der Waals surface area (Å²) in [5.41, 5.74) is 1.81. The van der Waals surface area contributed by atoms with E-state index < -0.39 is 4.92 Å². The van der Waals surface area contributed by atoms with Crippen LogP contribution in [0.4, 0.5) is 11.4 Å². The molecule has 0 atom stereocenters. The average molecular weight is 351 g/mol. The molecule has 21 heavy (non-hydrogen) atoms. The number of ether oxygens (including phenoxy) is 1. The minimum absolute atomic E-state index is 0.0545. The van der Waals surface area contributed by atoms with Crippen molar-refractivity contribution in [2.45, 2.75) is 5.33 Å². The number of hydrogen-bond donors (Lipinski definition) is 0. The number of anilines is 1. The molecular weight excluding hydrogens is 336 g/mol. The van der Waals surface area contributed by atoms with Crippen LogP contribution in [0, 0.1) is 10.1 Å². The highest BCUT2D eigenvalue weighted by Crippen LogP contribution is 2.31. The van der Waals surface area contributed by atoms with Gasteiger partial charge in [0.25, 0.3) is 5.69 Å². The second-order valence-electron chi connectivity index (χ2n) is 4.68. The molecule has 0 aromatic heterocycles. The number of halogens is 1. The third-order valence-corrected chi connectivity index (χ3v) is 3.56. The Bertz CT molecular complexity index is 659. The molecule has 0 aliphatic heterocycles. The van der Waals surface area contributed by atoms with Gasteiger partial charge in [-0.05, 0) is 18.2 Å². The molecule has 5 nitrogen and oxygen atoms in total. The molecule has 6 heteroatoms. The minimum Gasteiger partial charge on any atom is -0.457 e. The maximum absolute atomic E-state index is 10.8. The minimum atomic E-state index is -0.414. The second kappa shape index (κ2) is 6.58. The van der Waals surface area contributed by atoms with Gasteiger partial charge in [0.1, 0.15) is 11.5 Å². The van der Waals surface area contributed by atoms with Crippen molar-refractivity contribution in [1.82, 2.24) is 0 Å². The molecule has 0 N–H and O–H groups in total. The molecule has 0 spiro atoms. The van der Waals surface area contributed by atoms with Crippen molar-refractivity contribution < 1.29 is 9.66 Å². The first-order valence-electron chi connectivity index (χ1n) is 6.30. The van der Waals surface area contributed by atoms with E-state index in [1.165, 1.54) is 12.1 Å². The first kappa shape index (κ1) is 15.3. The summed E-state index contributed by atoms with van der Waals surface area (Å²) in [4.78, 5) is 12.4. The molecule has 0 aliphatic rings. The zero-order valence-corrected chi connectivity index (χ0v) is 13.3. The number of nitro benzene ring substituents is 1. The number of hydrogen-bond acceptors (Lipinski definition) is 4. The normalized spacial score (nSPS) is 10.2. The van der Waals surface area contributed by atoms with Crippen molar-refractivity contribution in [3.63, 3.8) is 0 Å². The van der Waals surface area contributed by atoms with E-state index in [1.54, 1.807) is 6.07 Å². The van der Waals surface area contributed by atoms with Gasteiger partial charge in [-0.15, -0.1) is 0 Å². The molecule has 0 radical (unpaired) electrons. The fraction of sp³-hybridized carbons (Fsp3) is 0.200. The average Bonchev–Trinajstić information content (AvgIpc) is 2.47. The van der Waals surface area contributed by atoms with Crippen LogP contribution >= 0.6 is 15.9 Å². The summed E-state index contributed by atoms with van der Waals surface area (Å²) < 4.78 is 5.85. The molecule has 0 heterocycles. The fourth-order valence-corrected chi connectivity index (χ4v) is 2.27. The molecule has 0 amide bonds. The molecule has 0 unspecified atom stereocenters. The van der Waals surface area contributed by atoms with Crippen molar-refractivity contribution in [3.05, 3.63) is 58.1 Å². The van der Waals surface area contributed by atoms with Gasteiger partial charge in [-0.3, -0.25) is 10.1 Å². The summed E-state index contributed by atoms with van der Waals surface area (Å²) >= 11 is 3.33. The predicted molar refractivity (Wildman–Crippen MR) is 86.6 cm³/mol. The number of nitrogens with zero attached hydrogens (tertiary/aromatic N) is 2. The topological polar surface area (TPSA) is 55.6 Å². The highest BCUT2D eigenvalue weighted by molar-refractivity contribution is 9.08. The van der Waals surface area contributed by atoms with Crippen molar-refractivity contribution in [3.8, 4) is 11.5 Å². The zero-order valence-electron chi connectivity index (χ0n) is 11.7. The van der Waals surface area contributed by atoms with Gasteiger partial charge in [0, 0.05) is 48.9 Å². The Morgan fingerprint density at radius 3 is 2.62 bits per heavy atom. The number of alkyl halides is 1. The van der Waals surface area contributed by atoms with Crippen molar-refractivity contribution in [1.29, 1.82) is 0 Å². The van der Waals surface area contributed by atoms with Gasteiger partial charge in [0.05, 0.1) is 4.92 Å². The lowest BCUT2D eigenvalue weighted by Crippen LogP contribution is -2.08. The lowest BCUT2D eigenvalue weighted by molar-refractivity contribution is -0.384. The molecule has 0 aliphatic carbocycles. The smallest absolute Gasteiger partial charge is 0.270 e. The summed E-state index contributed by atoms with van der Waals surface area (Å²) in [6, 6.07) is 12.2. The maximum atomic E-state index is 10.8. The maximum Gasteiger partial charge on any atom is 0.270 e. The van der Waals surface area contributed by atoms with Crippen LogP contribution in [-0.4, -0.2) is 19.0 Å². The third-order valence-electron chi connectivity index (χ3n) is 2.96. The number of non-ortho nitro benzene ring substituents is 1. The van der Waals surface area contributed by atoms with E-state index in [2.05, 4.69) is 15.9 Å². The van der Waals surface area contributed by atoms with Gasteiger partial charge in [-0.25, -0.2) is 0 Å². The number of nitro groups is 1.